The van der Waals surface area contributed by atoms with Crippen LogP contribution in [0.15, 0.2) is 48.5 Å². The number of carbonyl (C=O) groups is 1. The highest BCUT2D eigenvalue weighted by atomic mass is 19.4. The molecule has 0 spiro atoms. The summed E-state index contributed by atoms with van der Waals surface area (Å²) in [5.74, 6) is -1.14. The lowest BCUT2D eigenvalue weighted by atomic mass is 9.97. The number of alkyl halides is 3. The van der Waals surface area contributed by atoms with Crippen LogP contribution in [-0.2, 0) is 11.2 Å². The molecule has 3 nitrogen and oxygen atoms in total. The van der Waals surface area contributed by atoms with Crippen LogP contribution in [0, 0.1) is 5.82 Å². The molecule has 26 heavy (non-hydrogen) atoms. The molecular weight excluding hydrogens is 348 g/mol. The number of amides is 1. The Labute approximate surface area is 149 Å². The van der Waals surface area contributed by atoms with Crippen molar-refractivity contribution in [1.29, 1.82) is 0 Å². The Morgan fingerprint density at radius 3 is 2.38 bits per heavy atom. The molecule has 2 rings (SSSR count). The van der Waals surface area contributed by atoms with Crippen molar-refractivity contribution in [3.8, 4) is 0 Å². The molecule has 0 saturated carbocycles. The maximum atomic E-state index is 13.6. The maximum absolute atomic E-state index is 13.6. The Kier molecular flexibility index (Phi) is 6.74. The summed E-state index contributed by atoms with van der Waals surface area (Å²) in [6, 6.07) is 13.2. The predicted octanol–water partition coefficient (Wildman–Crippen LogP) is 2.72. The Morgan fingerprint density at radius 1 is 1.12 bits per heavy atom. The first-order valence-electron chi connectivity index (χ1n) is 8.29. The molecule has 0 aliphatic rings. The molecule has 0 radical (unpaired) electrons. The number of hydrogen-bond donors (Lipinski definition) is 2. The van der Waals surface area contributed by atoms with Gasteiger partial charge in [0.1, 0.15) is 18.4 Å². The van der Waals surface area contributed by atoms with Crippen molar-refractivity contribution >= 4 is 5.91 Å². The molecule has 0 saturated heterocycles. The van der Waals surface area contributed by atoms with Crippen LogP contribution in [0.5, 0.6) is 0 Å². The number of halogens is 4. The molecule has 0 aromatic heterocycles. The van der Waals surface area contributed by atoms with E-state index >= 15 is 0 Å². The van der Waals surface area contributed by atoms with E-state index < -0.39 is 30.5 Å². The summed E-state index contributed by atoms with van der Waals surface area (Å²) in [5.41, 5.74) is 2.61. The predicted molar refractivity (Wildman–Crippen MR) is 89.9 cm³/mol. The van der Waals surface area contributed by atoms with Gasteiger partial charge in [-0.1, -0.05) is 43.3 Å². The summed E-state index contributed by atoms with van der Waals surface area (Å²) in [6.07, 6.45) is -3.58. The van der Waals surface area contributed by atoms with Gasteiger partial charge in [-0.15, -0.1) is 0 Å². The van der Waals surface area contributed by atoms with Gasteiger partial charge in [0, 0.05) is 11.1 Å². The Morgan fingerprint density at radius 2 is 1.81 bits per heavy atom. The molecule has 0 aliphatic heterocycles. The van der Waals surface area contributed by atoms with Crippen LogP contribution in [-0.4, -0.2) is 25.2 Å². The fraction of sp³-hybridized carbons (Fsp3) is 0.316. The lowest BCUT2D eigenvalue weighted by molar-refractivity contribution is -0.676. The average molecular weight is 369 g/mol. The Hall–Kier alpha value is -2.41. The highest BCUT2D eigenvalue weighted by molar-refractivity contribution is 5.76. The van der Waals surface area contributed by atoms with Gasteiger partial charge in [0.05, 0.1) is 0 Å². The summed E-state index contributed by atoms with van der Waals surface area (Å²) < 4.78 is 50.2. The highest BCUT2D eigenvalue weighted by Crippen LogP contribution is 2.20. The van der Waals surface area contributed by atoms with Crippen LogP contribution in [0.4, 0.5) is 17.6 Å². The summed E-state index contributed by atoms with van der Waals surface area (Å²) in [4.78, 5) is 11.7. The van der Waals surface area contributed by atoms with Gasteiger partial charge in [-0.2, -0.15) is 13.2 Å². The molecule has 0 fully saturated rings. The molecule has 1 atom stereocenters. The number of rotatable bonds is 7. The van der Waals surface area contributed by atoms with Crippen LogP contribution in [0.1, 0.15) is 29.7 Å². The summed E-state index contributed by atoms with van der Waals surface area (Å²) in [7, 11) is 0. The van der Waals surface area contributed by atoms with Gasteiger partial charge < -0.3 is 10.6 Å². The zero-order chi connectivity index (χ0) is 19.2. The number of nitrogens with two attached hydrogens (primary N) is 1. The zero-order valence-corrected chi connectivity index (χ0v) is 14.3. The van der Waals surface area contributed by atoms with Crippen molar-refractivity contribution in [3.63, 3.8) is 0 Å². The van der Waals surface area contributed by atoms with E-state index in [1.807, 2.05) is 36.5 Å². The van der Waals surface area contributed by atoms with Crippen molar-refractivity contribution in [2.24, 2.45) is 0 Å². The van der Waals surface area contributed by atoms with Gasteiger partial charge in [-0.05, 0) is 24.1 Å². The number of benzene rings is 2. The van der Waals surface area contributed by atoms with Crippen LogP contribution in [0.3, 0.4) is 0 Å². The number of quaternary nitrogens is 1. The van der Waals surface area contributed by atoms with E-state index in [0.29, 0.717) is 5.56 Å². The Bertz CT molecular complexity index is 729. The van der Waals surface area contributed by atoms with Crippen LogP contribution in [0.25, 0.3) is 0 Å². The van der Waals surface area contributed by atoms with Gasteiger partial charge in [0.2, 0.25) is 0 Å². The maximum Gasteiger partial charge on any atom is 0.405 e. The number of aryl methyl sites for hydroxylation is 1. The van der Waals surface area contributed by atoms with E-state index in [0.717, 1.165) is 17.5 Å². The second kappa shape index (κ2) is 8.80. The van der Waals surface area contributed by atoms with E-state index in [4.69, 9.17) is 0 Å². The molecule has 140 valence electrons. The standard InChI is InChI=1S/C19H20F4N2O/c1-2-13-6-8-14(9-7-13)18(15-4-3-5-16(20)10-15)24-11-17(26)25-12-19(21,22)23/h3-10,18,24H,2,11-12H2,1H3,(H,25,26)/p+1/t18-/m0/s1. The first kappa shape index (κ1) is 19.9. The van der Waals surface area contributed by atoms with Crippen LogP contribution >= 0.6 is 0 Å². The molecule has 0 unspecified atom stereocenters. The normalized spacial score (nSPS) is 12.7. The minimum atomic E-state index is -4.45. The molecule has 7 heteroatoms. The molecule has 2 aromatic carbocycles. The monoisotopic (exact) mass is 369 g/mol. The minimum absolute atomic E-state index is 0.202. The fourth-order valence-electron chi connectivity index (χ4n) is 2.62. The van der Waals surface area contributed by atoms with Crippen LogP contribution < -0.4 is 10.6 Å². The number of nitrogens with one attached hydrogen (secondary N) is 1. The van der Waals surface area contributed by atoms with Crippen molar-refractivity contribution in [2.45, 2.75) is 25.6 Å². The number of hydrogen-bond acceptors (Lipinski definition) is 1. The van der Waals surface area contributed by atoms with Gasteiger partial charge in [0.15, 0.2) is 6.54 Å². The van der Waals surface area contributed by atoms with E-state index in [9.17, 15) is 22.4 Å². The summed E-state index contributed by atoms with van der Waals surface area (Å²) >= 11 is 0. The van der Waals surface area contributed by atoms with Crippen molar-refractivity contribution in [1.82, 2.24) is 5.32 Å². The molecule has 0 aliphatic carbocycles. The second-order valence-electron chi connectivity index (χ2n) is 5.96. The van der Waals surface area contributed by atoms with Crippen LogP contribution in [0.2, 0.25) is 0 Å². The van der Waals surface area contributed by atoms with Crippen molar-refractivity contribution < 1.29 is 27.7 Å². The quantitative estimate of drug-likeness (QED) is 0.725. The fourth-order valence-corrected chi connectivity index (χ4v) is 2.62. The first-order valence-corrected chi connectivity index (χ1v) is 8.29. The molecule has 3 N–H and O–H groups in total. The van der Waals surface area contributed by atoms with Gasteiger partial charge in [0.25, 0.3) is 5.91 Å². The topological polar surface area (TPSA) is 45.7 Å². The molecular formula is C19H21F4N2O+. The van der Waals surface area contributed by atoms with Gasteiger partial charge >= 0.3 is 6.18 Å². The van der Waals surface area contributed by atoms with Crippen molar-refractivity contribution in [3.05, 3.63) is 71.0 Å². The van der Waals surface area contributed by atoms with Gasteiger partial charge in [-0.25, -0.2) is 4.39 Å². The third-order valence-electron chi connectivity index (χ3n) is 3.98. The highest BCUT2D eigenvalue weighted by Gasteiger charge is 2.28. The van der Waals surface area contributed by atoms with E-state index in [-0.39, 0.29) is 6.54 Å². The molecule has 0 heterocycles. The largest absolute Gasteiger partial charge is 0.405 e. The first-order chi connectivity index (χ1) is 12.3. The smallest absolute Gasteiger partial charge is 0.342 e. The lowest BCUT2D eigenvalue weighted by Gasteiger charge is -2.17. The third kappa shape index (κ3) is 6.15. The Balaban J connectivity index is 2.14. The average Bonchev–Trinajstić information content (AvgIpc) is 2.60. The SMILES string of the molecule is CCc1ccc([C@H]([NH2+]CC(=O)NCC(F)(F)F)c2cccc(F)c2)cc1. The molecule has 2 aromatic rings. The van der Waals surface area contributed by atoms with E-state index in [2.05, 4.69) is 0 Å². The van der Waals surface area contributed by atoms with E-state index in [1.165, 1.54) is 12.1 Å². The lowest BCUT2D eigenvalue weighted by Crippen LogP contribution is -2.87. The number of carbonyl (C=O) groups excluding carboxylic acids is 1. The van der Waals surface area contributed by atoms with E-state index in [1.54, 1.807) is 17.4 Å². The second-order valence-corrected chi connectivity index (χ2v) is 5.96. The molecule has 0 bridgehead atoms. The molecule has 1 amide bonds. The zero-order valence-electron chi connectivity index (χ0n) is 14.3. The summed E-state index contributed by atoms with van der Waals surface area (Å²) in [6.45, 7) is 0.457. The third-order valence-corrected chi connectivity index (χ3v) is 3.98. The minimum Gasteiger partial charge on any atom is -0.342 e. The van der Waals surface area contributed by atoms with Crippen molar-refractivity contribution in [2.75, 3.05) is 13.1 Å². The van der Waals surface area contributed by atoms with Gasteiger partial charge in [-0.3, -0.25) is 4.79 Å². The summed E-state index contributed by atoms with van der Waals surface area (Å²) in [5, 5.41) is 3.44.